The second-order valence-corrected chi connectivity index (χ2v) is 8.61. The largest absolute Gasteiger partial charge is 0.444 e. The van der Waals surface area contributed by atoms with E-state index in [1.165, 1.54) is 6.07 Å². The van der Waals surface area contributed by atoms with E-state index in [1.807, 2.05) is 33.8 Å². The molecule has 1 saturated heterocycles. The van der Waals surface area contributed by atoms with E-state index >= 15 is 0 Å². The molecule has 1 aromatic heterocycles. The van der Waals surface area contributed by atoms with Gasteiger partial charge in [0.2, 0.25) is 0 Å². The number of guanidine groups is 1. The maximum absolute atomic E-state index is 14.6. The van der Waals surface area contributed by atoms with E-state index in [0.717, 1.165) is 24.4 Å². The summed E-state index contributed by atoms with van der Waals surface area (Å²) < 4.78 is 21.7. The van der Waals surface area contributed by atoms with Gasteiger partial charge in [-0.3, -0.25) is 4.99 Å². The Hall–Kier alpha value is -2.37. The van der Waals surface area contributed by atoms with Crippen molar-refractivity contribution in [1.82, 2.24) is 25.1 Å². The van der Waals surface area contributed by atoms with E-state index < -0.39 is 11.7 Å². The van der Waals surface area contributed by atoms with Crippen molar-refractivity contribution in [2.75, 3.05) is 20.1 Å². The summed E-state index contributed by atoms with van der Waals surface area (Å²) in [4.78, 5) is 22.5. The smallest absolute Gasteiger partial charge is 0.407 e. The van der Waals surface area contributed by atoms with Crippen LogP contribution in [0.3, 0.4) is 0 Å². The molecule has 176 valence electrons. The molecule has 0 aliphatic carbocycles. The number of halogens is 2. The van der Waals surface area contributed by atoms with Crippen molar-refractivity contribution in [2.24, 2.45) is 4.99 Å². The molecule has 1 unspecified atom stereocenters. The third-order valence-corrected chi connectivity index (χ3v) is 4.97. The lowest BCUT2D eigenvalue weighted by Crippen LogP contribution is -2.44. The van der Waals surface area contributed by atoms with E-state index in [1.54, 1.807) is 30.1 Å². The van der Waals surface area contributed by atoms with Crippen molar-refractivity contribution in [3.63, 3.8) is 0 Å². The number of carbonyl (C=O) groups is 1. The highest BCUT2D eigenvalue weighted by molar-refractivity contribution is 14.0. The second-order valence-electron chi connectivity index (χ2n) is 8.61. The lowest BCUT2D eigenvalue weighted by atomic mass is 10.2. The van der Waals surface area contributed by atoms with Gasteiger partial charge < -0.3 is 24.8 Å². The highest BCUT2D eigenvalue weighted by Gasteiger charge is 2.27. The number of rotatable bonds is 4. The van der Waals surface area contributed by atoms with Crippen LogP contribution in [0.4, 0.5) is 9.18 Å². The normalized spacial score (nSPS) is 16.5. The Labute approximate surface area is 205 Å². The average molecular weight is 558 g/mol. The zero-order chi connectivity index (χ0) is 22.6. The van der Waals surface area contributed by atoms with Crippen LogP contribution in [0, 0.1) is 12.7 Å². The van der Waals surface area contributed by atoms with Gasteiger partial charge in [0.25, 0.3) is 0 Å². The van der Waals surface area contributed by atoms with E-state index in [9.17, 15) is 9.18 Å². The van der Waals surface area contributed by atoms with Gasteiger partial charge >= 0.3 is 6.09 Å². The Morgan fingerprint density at radius 1 is 1.38 bits per heavy atom. The number of imidazole rings is 1. The number of hydrogen-bond acceptors (Lipinski definition) is 4. The first-order chi connectivity index (χ1) is 14.7. The van der Waals surface area contributed by atoms with Crippen molar-refractivity contribution in [2.45, 2.75) is 52.3 Å². The van der Waals surface area contributed by atoms with Crippen LogP contribution < -0.4 is 10.6 Å². The summed E-state index contributed by atoms with van der Waals surface area (Å²) in [6.45, 7) is 9.18. The van der Waals surface area contributed by atoms with Crippen LogP contribution in [0.15, 0.2) is 35.6 Å². The molecule has 0 spiro atoms. The number of nitrogens with zero attached hydrogens (tertiary/aromatic N) is 4. The average Bonchev–Trinajstić information content (AvgIpc) is 3.30. The number of nitrogens with one attached hydrogen (secondary N) is 2. The number of hydrogen-bond donors (Lipinski definition) is 2. The molecule has 1 aromatic carbocycles. The first-order valence-electron chi connectivity index (χ1n) is 10.4. The van der Waals surface area contributed by atoms with Crippen LogP contribution >= 0.6 is 24.0 Å². The number of alkyl carbamates (subject to hydrolysis) is 1. The number of carbonyl (C=O) groups excluding carboxylic acids is 1. The number of benzene rings is 1. The predicted octanol–water partition coefficient (Wildman–Crippen LogP) is 3.61. The number of aliphatic imine (C=N–C) groups is 1. The summed E-state index contributed by atoms with van der Waals surface area (Å²) >= 11 is 0. The Bertz CT molecular complexity index is 956. The zero-order valence-corrected chi connectivity index (χ0v) is 21.5. The van der Waals surface area contributed by atoms with E-state index in [4.69, 9.17) is 4.74 Å². The number of amides is 1. The fourth-order valence-electron chi connectivity index (χ4n) is 3.55. The van der Waals surface area contributed by atoms with Gasteiger partial charge in [0.1, 0.15) is 17.2 Å². The summed E-state index contributed by atoms with van der Waals surface area (Å²) in [7, 11) is 1.71. The van der Waals surface area contributed by atoms with E-state index in [2.05, 4.69) is 25.5 Å². The van der Waals surface area contributed by atoms with Gasteiger partial charge in [-0.05, 0) is 51.8 Å². The first-order valence-corrected chi connectivity index (χ1v) is 10.4. The summed E-state index contributed by atoms with van der Waals surface area (Å²) in [6, 6.07) is 5.14. The third-order valence-electron chi connectivity index (χ3n) is 4.97. The molecule has 3 rings (SSSR count). The zero-order valence-electron chi connectivity index (χ0n) is 19.2. The molecule has 8 nitrogen and oxygen atoms in total. The highest BCUT2D eigenvalue weighted by Crippen LogP contribution is 2.17. The minimum absolute atomic E-state index is 0. The van der Waals surface area contributed by atoms with Crippen LogP contribution in [0.25, 0.3) is 5.69 Å². The molecule has 2 N–H and O–H groups in total. The Kier molecular flexibility index (Phi) is 8.88. The van der Waals surface area contributed by atoms with E-state index in [-0.39, 0.29) is 35.8 Å². The lowest BCUT2D eigenvalue weighted by molar-refractivity contribution is 0.0507. The first kappa shape index (κ1) is 25.9. The fourth-order valence-corrected chi connectivity index (χ4v) is 3.55. The van der Waals surface area contributed by atoms with Crippen molar-refractivity contribution < 1.29 is 13.9 Å². The number of aromatic nitrogens is 2. The van der Waals surface area contributed by atoms with Crippen LogP contribution in [0.2, 0.25) is 0 Å². The van der Waals surface area contributed by atoms with Crippen LogP contribution in [-0.4, -0.2) is 58.3 Å². The van der Waals surface area contributed by atoms with Crippen molar-refractivity contribution in [1.29, 1.82) is 0 Å². The van der Waals surface area contributed by atoms with Crippen LogP contribution in [0.5, 0.6) is 0 Å². The topological polar surface area (TPSA) is 83.8 Å². The molecule has 10 heteroatoms. The Morgan fingerprint density at radius 2 is 2.12 bits per heavy atom. The standard InChI is InChI=1S/C22H31FN6O2.HI/c1-15-25-9-11-29(15)19-7-6-16(12-18(19)23)13-26-20(24-5)28-10-8-17(14-28)27-21(30)31-22(2,3)4;/h6-7,9,11-12,17H,8,10,13-14H2,1-5H3,(H,24,26)(H,27,30);1H. The Balaban J connectivity index is 0.00000363. The molecule has 2 heterocycles. The summed E-state index contributed by atoms with van der Waals surface area (Å²) in [6.07, 6.45) is 3.77. The minimum atomic E-state index is -0.526. The van der Waals surface area contributed by atoms with Gasteiger partial charge in [0.15, 0.2) is 5.96 Å². The minimum Gasteiger partial charge on any atom is -0.444 e. The molecule has 1 amide bonds. The van der Waals surface area contributed by atoms with Crippen LogP contribution in [0.1, 0.15) is 38.6 Å². The summed E-state index contributed by atoms with van der Waals surface area (Å²) in [5.41, 5.74) is 0.753. The second kappa shape index (κ2) is 11.0. The SMILES string of the molecule is CN=C(NCc1ccc(-n2ccnc2C)c(F)c1)N1CCC(NC(=O)OC(C)(C)C)C1.I. The molecular weight excluding hydrogens is 526 g/mol. The van der Waals surface area contributed by atoms with Gasteiger partial charge in [0, 0.05) is 39.1 Å². The molecular formula is C22H32FIN6O2. The molecule has 2 aromatic rings. The van der Waals surface area contributed by atoms with Crippen molar-refractivity contribution in [3.05, 3.63) is 47.8 Å². The molecule has 1 aliphatic rings. The lowest BCUT2D eigenvalue weighted by Gasteiger charge is -2.23. The molecule has 1 atom stereocenters. The fraction of sp³-hybridized carbons (Fsp3) is 0.500. The highest BCUT2D eigenvalue weighted by atomic mass is 127. The van der Waals surface area contributed by atoms with Gasteiger partial charge in [-0.2, -0.15) is 0 Å². The third kappa shape index (κ3) is 6.81. The quantitative estimate of drug-likeness (QED) is 0.341. The van der Waals surface area contributed by atoms with Gasteiger partial charge in [0.05, 0.1) is 11.7 Å². The number of aryl methyl sites for hydroxylation is 1. The van der Waals surface area contributed by atoms with Crippen molar-refractivity contribution >= 4 is 36.0 Å². The van der Waals surface area contributed by atoms with Crippen LogP contribution in [-0.2, 0) is 11.3 Å². The Morgan fingerprint density at radius 3 is 2.72 bits per heavy atom. The maximum Gasteiger partial charge on any atom is 0.407 e. The van der Waals surface area contributed by atoms with Crippen molar-refractivity contribution in [3.8, 4) is 5.69 Å². The van der Waals surface area contributed by atoms with Gasteiger partial charge in [-0.1, -0.05) is 6.07 Å². The number of likely N-dealkylation sites (tertiary alicyclic amines) is 1. The molecule has 32 heavy (non-hydrogen) atoms. The molecule has 1 fully saturated rings. The summed E-state index contributed by atoms with van der Waals surface area (Å²) in [5.74, 6) is 1.13. The predicted molar refractivity (Wildman–Crippen MR) is 133 cm³/mol. The molecule has 1 aliphatic heterocycles. The monoisotopic (exact) mass is 558 g/mol. The number of ether oxygens (including phenoxy) is 1. The molecule has 0 radical (unpaired) electrons. The van der Waals surface area contributed by atoms with Gasteiger partial charge in [-0.25, -0.2) is 14.2 Å². The summed E-state index contributed by atoms with van der Waals surface area (Å²) in [5, 5.41) is 6.19. The maximum atomic E-state index is 14.6. The van der Waals surface area contributed by atoms with Gasteiger partial charge in [-0.15, -0.1) is 24.0 Å². The van der Waals surface area contributed by atoms with E-state index in [0.29, 0.717) is 24.7 Å². The molecule has 0 saturated carbocycles. The molecule has 0 bridgehead atoms.